The zero-order valence-corrected chi connectivity index (χ0v) is 15.8. The third kappa shape index (κ3) is 3.28. The SMILES string of the molecule is COCC(=O)N1C[C@H]2CN(C(=O)c3cc(C)no3)C[C@H]2[C@@H]1c1cccc(F)c1. The molecule has 0 aliphatic carbocycles. The van der Waals surface area contributed by atoms with Crippen molar-refractivity contribution in [2.24, 2.45) is 11.8 Å². The second-order valence-electron chi connectivity index (χ2n) is 7.45. The zero-order chi connectivity index (χ0) is 19.8. The topological polar surface area (TPSA) is 75.9 Å². The van der Waals surface area contributed by atoms with E-state index in [4.69, 9.17) is 9.26 Å². The Bertz CT molecular complexity index is 899. The van der Waals surface area contributed by atoms with Crippen LogP contribution in [0.5, 0.6) is 0 Å². The monoisotopic (exact) mass is 387 g/mol. The van der Waals surface area contributed by atoms with Gasteiger partial charge in [0.25, 0.3) is 5.91 Å². The molecule has 0 radical (unpaired) electrons. The largest absolute Gasteiger partial charge is 0.375 e. The smallest absolute Gasteiger partial charge is 0.292 e. The maximum atomic E-state index is 13.9. The van der Waals surface area contributed by atoms with Crippen LogP contribution in [0, 0.1) is 24.6 Å². The summed E-state index contributed by atoms with van der Waals surface area (Å²) >= 11 is 0. The lowest BCUT2D eigenvalue weighted by atomic mass is 9.89. The molecule has 28 heavy (non-hydrogen) atoms. The third-order valence-electron chi connectivity index (χ3n) is 5.57. The average molecular weight is 387 g/mol. The number of fused-ring (bicyclic) bond motifs is 1. The van der Waals surface area contributed by atoms with Gasteiger partial charge in [-0.1, -0.05) is 17.3 Å². The average Bonchev–Trinajstić information content (AvgIpc) is 3.35. The number of carbonyl (C=O) groups is 2. The van der Waals surface area contributed by atoms with E-state index in [1.807, 2.05) is 6.07 Å². The van der Waals surface area contributed by atoms with E-state index in [2.05, 4.69) is 5.16 Å². The molecule has 2 aliphatic rings. The summed E-state index contributed by atoms with van der Waals surface area (Å²) < 4.78 is 24.0. The Labute approximate surface area is 162 Å². The molecule has 4 rings (SSSR count). The van der Waals surface area contributed by atoms with E-state index < -0.39 is 0 Å². The second kappa shape index (κ2) is 7.35. The third-order valence-corrected chi connectivity index (χ3v) is 5.57. The van der Waals surface area contributed by atoms with Gasteiger partial charge in [-0.05, 0) is 24.6 Å². The van der Waals surface area contributed by atoms with Crippen molar-refractivity contribution >= 4 is 11.8 Å². The molecule has 1 aromatic heterocycles. The van der Waals surface area contributed by atoms with Crippen LogP contribution in [0.4, 0.5) is 4.39 Å². The summed E-state index contributed by atoms with van der Waals surface area (Å²) in [5.74, 6) is -0.328. The highest BCUT2D eigenvalue weighted by atomic mass is 19.1. The van der Waals surface area contributed by atoms with Crippen LogP contribution in [0.1, 0.15) is 27.9 Å². The van der Waals surface area contributed by atoms with Gasteiger partial charge < -0.3 is 19.1 Å². The van der Waals surface area contributed by atoms with E-state index in [9.17, 15) is 14.0 Å². The number of rotatable bonds is 4. The van der Waals surface area contributed by atoms with Crippen molar-refractivity contribution in [3.8, 4) is 0 Å². The lowest BCUT2D eigenvalue weighted by Gasteiger charge is -2.29. The minimum atomic E-state index is -0.344. The van der Waals surface area contributed by atoms with Gasteiger partial charge in [0.15, 0.2) is 0 Å². The highest BCUT2D eigenvalue weighted by Crippen LogP contribution is 2.45. The number of benzene rings is 1. The number of likely N-dealkylation sites (tertiary alicyclic amines) is 2. The fraction of sp³-hybridized carbons (Fsp3) is 0.450. The van der Waals surface area contributed by atoms with Crippen LogP contribution in [0.15, 0.2) is 34.9 Å². The molecule has 3 atom stereocenters. The zero-order valence-electron chi connectivity index (χ0n) is 15.8. The normalized spacial score (nSPS) is 23.9. The van der Waals surface area contributed by atoms with Crippen LogP contribution in [0.25, 0.3) is 0 Å². The Morgan fingerprint density at radius 1 is 1.29 bits per heavy atom. The van der Waals surface area contributed by atoms with Crippen molar-refractivity contribution in [1.82, 2.24) is 15.0 Å². The number of amides is 2. The van der Waals surface area contributed by atoms with Crippen LogP contribution < -0.4 is 0 Å². The summed E-state index contributed by atoms with van der Waals surface area (Å²) in [6.07, 6.45) is 0. The summed E-state index contributed by atoms with van der Waals surface area (Å²) in [7, 11) is 1.48. The van der Waals surface area contributed by atoms with Crippen molar-refractivity contribution in [1.29, 1.82) is 0 Å². The van der Waals surface area contributed by atoms with Crippen molar-refractivity contribution < 1.29 is 23.2 Å². The molecule has 1 aromatic carbocycles. The molecule has 2 amide bonds. The predicted molar refractivity (Wildman–Crippen MR) is 96.9 cm³/mol. The first-order valence-electron chi connectivity index (χ1n) is 9.24. The van der Waals surface area contributed by atoms with Crippen LogP contribution in [-0.2, 0) is 9.53 Å². The number of hydrogen-bond donors (Lipinski definition) is 0. The lowest BCUT2D eigenvalue weighted by Crippen LogP contribution is -2.38. The van der Waals surface area contributed by atoms with E-state index in [0.29, 0.717) is 25.3 Å². The van der Waals surface area contributed by atoms with Crippen molar-refractivity contribution in [3.05, 3.63) is 53.2 Å². The molecule has 0 bridgehead atoms. The van der Waals surface area contributed by atoms with E-state index in [1.54, 1.807) is 28.9 Å². The number of halogens is 1. The summed E-state index contributed by atoms with van der Waals surface area (Å²) in [5.41, 5.74) is 1.39. The first-order chi connectivity index (χ1) is 13.5. The van der Waals surface area contributed by atoms with Gasteiger partial charge in [0.05, 0.1) is 11.7 Å². The predicted octanol–water partition coefficient (Wildman–Crippen LogP) is 2.04. The van der Waals surface area contributed by atoms with Crippen LogP contribution >= 0.6 is 0 Å². The molecular formula is C20H22FN3O4. The maximum absolute atomic E-state index is 13.9. The van der Waals surface area contributed by atoms with Crippen LogP contribution in [0.3, 0.4) is 0 Å². The fourth-order valence-corrected chi connectivity index (χ4v) is 4.41. The number of hydrogen-bond acceptors (Lipinski definition) is 5. The molecule has 148 valence electrons. The molecule has 2 aliphatic heterocycles. The number of aromatic nitrogens is 1. The van der Waals surface area contributed by atoms with E-state index in [-0.39, 0.29) is 47.9 Å². The quantitative estimate of drug-likeness (QED) is 0.803. The standard InChI is InChI=1S/C20H22FN3O4/c1-12-6-17(28-22-12)20(26)23-8-14-9-24(18(25)11-27-2)19(16(14)10-23)13-4-3-5-15(21)7-13/h3-7,14,16,19H,8-11H2,1-2H3/t14-,16-,19+/m1/s1. The van der Waals surface area contributed by atoms with Gasteiger partial charge in [0, 0.05) is 44.6 Å². The van der Waals surface area contributed by atoms with Gasteiger partial charge in [0.1, 0.15) is 12.4 Å². The van der Waals surface area contributed by atoms with Crippen LogP contribution in [-0.4, -0.2) is 60.1 Å². The molecule has 0 spiro atoms. The lowest BCUT2D eigenvalue weighted by molar-refractivity contribution is -0.136. The van der Waals surface area contributed by atoms with E-state index in [1.165, 1.54) is 19.2 Å². The van der Waals surface area contributed by atoms with E-state index in [0.717, 1.165) is 5.56 Å². The Kier molecular flexibility index (Phi) is 4.89. The van der Waals surface area contributed by atoms with Gasteiger partial charge >= 0.3 is 0 Å². The van der Waals surface area contributed by atoms with E-state index >= 15 is 0 Å². The minimum absolute atomic E-state index is 0.0226. The van der Waals surface area contributed by atoms with Crippen molar-refractivity contribution in [3.63, 3.8) is 0 Å². The first-order valence-corrected chi connectivity index (χ1v) is 9.24. The number of carbonyl (C=O) groups excluding carboxylic acids is 2. The maximum Gasteiger partial charge on any atom is 0.292 e. The summed E-state index contributed by atoms with van der Waals surface area (Å²) in [6, 6.07) is 7.64. The Morgan fingerprint density at radius 3 is 2.79 bits per heavy atom. The highest BCUT2D eigenvalue weighted by Gasteiger charge is 2.50. The van der Waals surface area contributed by atoms with Gasteiger partial charge in [-0.3, -0.25) is 9.59 Å². The fourth-order valence-electron chi connectivity index (χ4n) is 4.41. The summed E-state index contributed by atoms with van der Waals surface area (Å²) in [5, 5.41) is 3.78. The molecule has 2 fully saturated rings. The molecular weight excluding hydrogens is 365 g/mol. The molecule has 0 unspecified atom stereocenters. The van der Waals surface area contributed by atoms with Gasteiger partial charge in [-0.15, -0.1) is 0 Å². The van der Waals surface area contributed by atoms with Crippen molar-refractivity contribution in [2.45, 2.75) is 13.0 Å². The highest BCUT2D eigenvalue weighted by molar-refractivity contribution is 5.91. The van der Waals surface area contributed by atoms with Crippen molar-refractivity contribution in [2.75, 3.05) is 33.4 Å². The Morgan fingerprint density at radius 2 is 2.11 bits per heavy atom. The van der Waals surface area contributed by atoms with Gasteiger partial charge in [-0.2, -0.15) is 0 Å². The Balaban J connectivity index is 1.60. The summed E-state index contributed by atoms with van der Waals surface area (Å²) in [4.78, 5) is 28.8. The second-order valence-corrected chi connectivity index (χ2v) is 7.45. The molecule has 2 saturated heterocycles. The number of methoxy groups -OCH3 is 1. The first kappa shape index (κ1) is 18.6. The molecule has 0 N–H and O–H groups in total. The molecule has 8 heteroatoms. The summed E-state index contributed by atoms with van der Waals surface area (Å²) in [6.45, 7) is 3.24. The Hall–Kier alpha value is -2.74. The number of ether oxygens (including phenoxy) is 1. The minimum Gasteiger partial charge on any atom is -0.375 e. The molecule has 7 nitrogen and oxygen atoms in total. The number of aryl methyl sites for hydroxylation is 1. The molecule has 2 aromatic rings. The molecule has 0 saturated carbocycles. The molecule has 3 heterocycles. The van der Waals surface area contributed by atoms with Gasteiger partial charge in [0.2, 0.25) is 11.7 Å². The van der Waals surface area contributed by atoms with Crippen LogP contribution in [0.2, 0.25) is 0 Å². The number of nitrogens with zero attached hydrogens (tertiary/aromatic N) is 3. The van der Waals surface area contributed by atoms with Gasteiger partial charge in [-0.25, -0.2) is 4.39 Å².